The van der Waals surface area contributed by atoms with Gasteiger partial charge in [-0.05, 0) is 38.9 Å². The van der Waals surface area contributed by atoms with Gasteiger partial charge in [-0.2, -0.15) is 11.8 Å². The summed E-state index contributed by atoms with van der Waals surface area (Å²) < 4.78 is 0. The number of hydrogen-bond acceptors (Lipinski definition) is 5. The van der Waals surface area contributed by atoms with E-state index in [1.54, 1.807) is 0 Å². The minimum Gasteiger partial charge on any atom is -0.373 e. The fourth-order valence-corrected chi connectivity index (χ4v) is 3.79. The average molecular weight is 308 g/mol. The Morgan fingerprint density at radius 1 is 1.24 bits per heavy atom. The summed E-state index contributed by atoms with van der Waals surface area (Å²) in [7, 11) is 1.93. The van der Waals surface area contributed by atoms with Gasteiger partial charge in [-0.1, -0.05) is 13.3 Å². The molecule has 0 bridgehead atoms. The van der Waals surface area contributed by atoms with E-state index in [0.717, 1.165) is 41.1 Å². The molecule has 2 atom stereocenters. The normalized spacial score (nSPS) is 22.1. The Labute approximate surface area is 132 Å². The van der Waals surface area contributed by atoms with Crippen LogP contribution >= 0.6 is 11.8 Å². The highest BCUT2D eigenvalue weighted by atomic mass is 32.2. The summed E-state index contributed by atoms with van der Waals surface area (Å²) in [5.74, 6) is 2.91. The number of anilines is 2. The second-order valence-corrected chi connectivity index (χ2v) is 6.97. The van der Waals surface area contributed by atoms with Crippen LogP contribution in [0.15, 0.2) is 0 Å². The van der Waals surface area contributed by atoms with E-state index >= 15 is 0 Å². The average Bonchev–Trinajstić information content (AvgIpc) is 2.50. The fourth-order valence-electron chi connectivity index (χ4n) is 2.97. The summed E-state index contributed by atoms with van der Waals surface area (Å²) >= 11 is 2.00. The van der Waals surface area contributed by atoms with E-state index in [1.807, 2.05) is 18.8 Å². The smallest absolute Gasteiger partial charge is 0.134 e. The van der Waals surface area contributed by atoms with E-state index in [2.05, 4.69) is 35.7 Å². The van der Waals surface area contributed by atoms with Crippen molar-refractivity contribution in [3.63, 3.8) is 0 Å². The van der Waals surface area contributed by atoms with Crippen molar-refractivity contribution >= 4 is 23.4 Å². The van der Waals surface area contributed by atoms with Crippen LogP contribution < -0.4 is 10.6 Å². The Hall–Kier alpha value is -0.970. The highest BCUT2D eigenvalue weighted by Crippen LogP contribution is 2.30. The molecule has 1 aliphatic rings. The number of aryl methyl sites for hydroxylation is 1. The number of hydrogen-bond donors (Lipinski definition) is 2. The van der Waals surface area contributed by atoms with Gasteiger partial charge in [0.25, 0.3) is 0 Å². The van der Waals surface area contributed by atoms with Gasteiger partial charge < -0.3 is 10.6 Å². The Morgan fingerprint density at radius 3 is 2.67 bits per heavy atom. The predicted octanol–water partition coefficient (Wildman–Crippen LogP) is 3.87. The lowest BCUT2D eigenvalue weighted by atomic mass is 9.95. The van der Waals surface area contributed by atoms with Crippen molar-refractivity contribution in [1.29, 1.82) is 0 Å². The highest BCUT2D eigenvalue weighted by molar-refractivity contribution is 7.99. The molecule has 1 aromatic rings. The van der Waals surface area contributed by atoms with Crippen LogP contribution in [0.4, 0.5) is 11.6 Å². The molecule has 2 rings (SSSR count). The topological polar surface area (TPSA) is 49.8 Å². The zero-order valence-electron chi connectivity index (χ0n) is 13.7. The minimum absolute atomic E-state index is 0.545. The van der Waals surface area contributed by atoms with Crippen molar-refractivity contribution in [1.82, 2.24) is 9.97 Å². The van der Waals surface area contributed by atoms with Gasteiger partial charge in [-0.15, -0.1) is 0 Å². The van der Waals surface area contributed by atoms with Crippen LogP contribution in [0, 0.1) is 6.92 Å². The third kappa shape index (κ3) is 4.25. The number of rotatable bonds is 6. The van der Waals surface area contributed by atoms with Gasteiger partial charge in [0.1, 0.15) is 17.5 Å². The van der Waals surface area contributed by atoms with Crippen LogP contribution in [0.1, 0.15) is 50.4 Å². The van der Waals surface area contributed by atoms with Crippen LogP contribution in [0.25, 0.3) is 0 Å². The first-order valence-electron chi connectivity index (χ1n) is 8.02. The molecule has 2 unspecified atom stereocenters. The van der Waals surface area contributed by atoms with E-state index in [-0.39, 0.29) is 0 Å². The Bertz CT molecular complexity index is 464. The molecule has 118 valence electrons. The van der Waals surface area contributed by atoms with Crippen molar-refractivity contribution in [2.75, 3.05) is 23.9 Å². The van der Waals surface area contributed by atoms with Crippen LogP contribution in [0.5, 0.6) is 0 Å². The maximum absolute atomic E-state index is 4.75. The zero-order chi connectivity index (χ0) is 15.2. The minimum atomic E-state index is 0.545. The summed E-state index contributed by atoms with van der Waals surface area (Å²) in [6.07, 6.45) is 9.38. The first-order chi connectivity index (χ1) is 10.2. The molecular weight excluding hydrogens is 280 g/mol. The van der Waals surface area contributed by atoms with Gasteiger partial charge in [0.05, 0.1) is 0 Å². The molecule has 2 N–H and O–H groups in total. The number of nitrogens with zero attached hydrogens (tertiary/aromatic N) is 2. The van der Waals surface area contributed by atoms with E-state index in [0.29, 0.717) is 6.04 Å². The second kappa shape index (κ2) is 7.87. The Kier molecular flexibility index (Phi) is 6.15. The molecule has 1 saturated carbocycles. The van der Waals surface area contributed by atoms with Gasteiger partial charge in [0.15, 0.2) is 0 Å². The summed E-state index contributed by atoms with van der Waals surface area (Å²) in [6, 6.07) is 0.545. The summed E-state index contributed by atoms with van der Waals surface area (Å²) in [5, 5.41) is 7.67. The largest absolute Gasteiger partial charge is 0.373 e. The molecule has 0 radical (unpaired) electrons. The van der Waals surface area contributed by atoms with Gasteiger partial charge >= 0.3 is 0 Å². The second-order valence-electron chi connectivity index (χ2n) is 5.83. The van der Waals surface area contributed by atoms with E-state index in [4.69, 9.17) is 4.98 Å². The highest BCUT2D eigenvalue weighted by Gasteiger charge is 2.22. The molecule has 0 saturated heterocycles. The van der Waals surface area contributed by atoms with Crippen molar-refractivity contribution < 1.29 is 0 Å². The van der Waals surface area contributed by atoms with Gasteiger partial charge in [0, 0.05) is 30.3 Å². The van der Waals surface area contributed by atoms with Gasteiger partial charge in [-0.3, -0.25) is 0 Å². The first kappa shape index (κ1) is 16.4. The number of aromatic nitrogens is 2. The summed E-state index contributed by atoms with van der Waals surface area (Å²) in [4.78, 5) is 9.35. The van der Waals surface area contributed by atoms with Crippen molar-refractivity contribution in [3.8, 4) is 0 Å². The molecule has 0 aliphatic heterocycles. The van der Waals surface area contributed by atoms with E-state index < -0.39 is 0 Å². The summed E-state index contributed by atoms with van der Waals surface area (Å²) in [6.45, 7) is 4.26. The lowest BCUT2D eigenvalue weighted by molar-refractivity contribution is 0.472. The van der Waals surface area contributed by atoms with Crippen molar-refractivity contribution in [3.05, 3.63) is 11.4 Å². The fraction of sp³-hybridized carbons (Fsp3) is 0.750. The number of thioether (sulfide) groups is 1. The monoisotopic (exact) mass is 308 g/mol. The third-order valence-electron chi connectivity index (χ3n) is 4.20. The third-order valence-corrected chi connectivity index (χ3v) is 5.30. The Morgan fingerprint density at radius 2 is 2.00 bits per heavy atom. The molecule has 1 aliphatic carbocycles. The summed E-state index contributed by atoms with van der Waals surface area (Å²) in [5.41, 5.74) is 1.13. The molecule has 0 spiro atoms. The lowest BCUT2D eigenvalue weighted by Gasteiger charge is -2.29. The van der Waals surface area contributed by atoms with E-state index in [9.17, 15) is 0 Å². The predicted molar refractivity (Wildman–Crippen MR) is 93.5 cm³/mol. The molecule has 1 heterocycles. The van der Waals surface area contributed by atoms with Crippen LogP contribution in [0.2, 0.25) is 0 Å². The van der Waals surface area contributed by atoms with Crippen LogP contribution in [-0.4, -0.2) is 34.6 Å². The van der Waals surface area contributed by atoms with Crippen LogP contribution in [-0.2, 0) is 6.42 Å². The maximum atomic E-state index is 4.75. The molecule has 5 heteroatoms. The molecule has 4 nitrogen and oxygen atoms in total. The Balaban J connectivity index is 2.15. The lowest BCUT2D eigenvalue weighted by Crippen LogP contribution is -2.29. The van der Waals surface area contributed by atoms with Crippen molar-refractivity contribution in [2.45, 2.75) is 63.7 Å². The van der Waals surface area contributed by atoms with Crippen LogP contribution in [0.3, 0.4) is 0 Å². The molecule has 0 aromatic carbocycles. The zero-order valence-corrected chi connectivity index (χ0v) is 14.5. The number of nitrogens with one attached hydrogen (secondary N) is 2. The molecule has 0 amide bonds. The van der Waals surface area contributed by atoms with Crippen molar-refractivity contribution in [2.24, 2.45) is 0 Å². The first-order valence-corrected chi connectivity index (χ1v) is 9.31. The molecule has 21 heavy (non-hydrogen) atoms. The SMILES string of the molecule is CCCc1nc(NC)c(C)c(NC2CCCC(SC)C2)n1. The molecule has 1 fully saturated rings. The van der Waals surface area contributed by atoms with E-state index in [1.165, 1.54) is 25.7 Å². The molecular formula is C16H28N4S. The molecule has 1 aromatic heterocycles. The maximum Gasteiger partial charge on any atom is 0.134 e. The van der Waals surface area contributed by atoms with Gasteiger partial charge in [-0.25, -0.2) is 9.97 Å². The standard InChI is InChI=1S/C16H28N4S/c1-5-7-14-19-15(17-3)11(2)16(20-14)18-12-8-6-9-13(10-12)21-4/h12-13H,5-10H2,1-4H3,(H2,17,18,19,20). The quantitative estimate of drug-likeness (QED) is 0.835. The van der Waals surface area contributed by atoms with Gasteiger partial charge in [0.2, 0.25) is 0 Å².